The van der Waals surface area contributed by atoms with E-state index < -0.39 is 0 Å². The number of nitrogens with zero attached hydrogens (tertiary/aromatic N) is 3. The van der Waals surface area contributed by atoms with E-state index in [-0.39, 0.29) is 17.8 Å². The van der Waals surface area contributed by atoms with E-state index in [1.807, 2.05) is 39.9 Å². The largest absolute Gasteiger partial charge is 0.381 e. The van der Waals surface area contributed by atoms with Crippen molar-refractivity contribution in [3.63, 3.8) is 0 Å². The molecule has 1 fully saturated rings. The number of aromatic nitrogens is 2. The maximum absolute atomic E-state index is 13.1. The van der Waals surface area contributed by atoms with Crippen LogP contribution in [0.1, 0.15) is 23.2 Å². The summed E-state index contributed by atoms with van der Waals surface area (Å²) in [5, 5.41) is 3.40. The van der Waals surface area contributed by atoms with Crippen LogP contribution in [-0.4, -0.2) is 39.5 Å². The van der Waals surface area contributed by atoms with Gasteiger partial charge < -0.3 is 14.8 Å². The summed E-state index contributed by atoms with van der Waals surface area (Å²) in [5.41, 5.74) is 2.53. The van der Waals surface area contributed by atoms with Crippen LogP contribution in [0.4, 0.5) is 10.1 Å². The Kier molecular flexibility index (Phi) is 4.87. The fourth-order valence-electron chi connectivity index (χ4n) is 3.43. The molecule has 1 saturated heterocycles. The average Bonchev–Trinajstić information content (AvgIpc) is 3.24. The van der Waals surface area contributed by atoms with Gasteiger partial charge in [0.25, 0.3) is 5.91 Å². The Balaban J connectivity index is 1.41. The van der Waals surface area contributed by atoms with Crippen molar-refractivity contribution in [1.29, 1.82) is 0 Å². The maximum atomic E-state index is 13.1. The van der Waals surface area contributed by atoms with E-state index in [2.05, 4.69) is 10.3 Å². The topological polar surface area (TPSA) is 50.2 Å². The first-order chi connectivity index (χ1) is 13.2. The first kappa shape index (κ1) is 17.3. The third kappa shape index (κ3) is 4.00. The van der Waals surface area contributed by atoms with Crippen molar-refractivity contribution >= 4 is 11.6 Å². The molecule has 1 N–H and O–H groups in total. The number of piperidine rings is 1. The van der Waals surface area contributed by atoms with E-state index in [4.69, 9.17) is 0 Å². The SMILES string of the molecule is O=C(c1ccc(-n2ccnc2)cc1)N1CCC[C@H](Nc2ccc(F)cc2)C1. The molecular formula is C21H21FN4O. The van der Waals surface area contributed by atoms with Crippen LogP contribution in [0.2, 0.25) is 0 Å². The van der Waals surface area contributed by atoms with Gasteiger partial charge in [0.2, 0.25) is 0 Å². The van der Waals surface area contributed by atoms with Gasteiger partial charge >= 0.3 is 0 Å². The molecule has 1 amide bonds. The third-order valence-electron chi connectivity index (χ3n) is 4.84. The number of nitrogens with one attached hydrogen (secondary N) is 1. The first-order valence-corrected chi connectivity index (χ1v) is 9.09. The summed E-state index contributed by atoms with van der Waals surface area (Å²) in [4.78, 5) is 18.8. The fourth-order valence-corrected chi connectivity index (χ4v) is 3.43. The van der Waals surface area contributed by atoms with E-state index in [1.165, 1.54) is 12.1 Å². The highest BCUT2D eigenvalue weighted by Gasteiger charge is 2.24. The minimum Gasteiger partial charge on any atom is -0.381 e. The maximum Gasteiger partial charge on any atom is 0.253 e. The molecule has 2 aromatic carbocycles. The predicted octanol–water partition coefficient (Wildman–Crippen LogP) is 3.73. The highest BCUT2D eigenvalue weighted by Crippen LogP contribution is 2.19. The summed E-state index contributed by atoms with van der Waals surface area (Å²) >= 11 is 0. The lowest BCUT2D eigenvalue weighted by Gasteiger charge is -2.33. The number of hydrogen-bond donors (Lipinski definition) is 1. The second-order valence-corrected chi connectivity index (χ2v) is 6.76. The Bertz CT molecular complexity index is 891. The van der Waals surface area contributed by atoms with E-state index in [0.717, 1.165) is 30.8 Å². The summed E-state index contributed by atoms with van der Waals surface area (Å²) in [5.74, 6) is -0.210. The molecule has 0 radical (unpaired) electrons. The number of rotatable bonds is 4. The van der Waals surface area contributed by atoms with Crippen molar-refractivity contribution in [3.05, 3.63) is 78.6 Å². The number of likely N-dealkylation sites (tertiary alicyclic amines) is 1. The Labute approximate surface area is 157 Å². The van der Waals surface area contributed by atoms with Crippen LogP contribution in [0.25, 0.3) is 5.69 Å². The van der Waals surface area contributed by atoms with Crippen LogP contribution in [0.15, 0.2) is 67.3 Å². The van der Waals surface area contributed by atoms with Crippen LogP contribution in [-0.2, 0) is 0 Å². The van der Waals surface area contributed by atoms with Crippen molar-refractivity contribution in [3.8, 4) is 5.69 Å². The molecule has 1 aliphatic heterocycles. The summed E-state index contributed by atoms with van der Waals surface area (Å²) in [7, 11) is 0. The van der Waals surface area contributed by atoms with Gasteiger partial charge in [-0.25, -0.2) is 9.37 Å². The number of anilines is 1. The predicted molar refractivity (Wildman–Crippen MR) is 103 cm³/mol. The number of benzene rings is 2. The van der Waals surface area contributed by atoms with Gasteiger partial charge in [-0.15, -0.1) is 0 Å². The van der Waals surface area contributed by atoms with E-state index in [0.29, 0.717) is 12.1 Å². The Hall–Kier alpha value is -3.15. The standard InChI is InChI=1S/C21H21FN4O/c22-17-5-7-18(8-6-17)24-19-2-1-12-25(14-19)21(27)16-3-9-20(10-4-16)26-13-11-23-15-26/h3-11,13,15,19,24H,1-2,12,14H2/t19-/m0/s1. The van der Waals surface area contributed by atoms with Gasteiger partial charge in [0.1, 0.15) is 5.82 Å². The Morgan fingerprint density at radius 3 is 2.59 bits per heavy atom. The monoisotopic (exact) mass is 364 g/mol. The lowest BCUT2D eigenvalue weighted by atomic mass is 10.0. The Morgan fingerprint density at radius 2 is 1.89 bits per heavy atom. The molecular weight excluding hydrogens is 343 g/mol. The highest BCUT2D eigenvalue weighted by molar-refractivity contribution is 5.94. The quantitative estimate of drug-likeness (QED) is 0.767. The Morgan fingerprint density at radius 1 is 1.11 bits per heavy atom. The van der Waals surface area contributed by atoms with Crippen LogP contribution >= 0.6 is 0 Å². The zero-order valence-corrected chi connectivity index (χ0v) is 14.9. The third-order valence-corrected chi connectivity index (χ3v) is 4.84. The van der Waals surface area contributed by atoms with Crippen LogP contribution < -0.4 is 5.32 Å². The summed E-state index contributed by atoms with van der Waals surface area (Å²) in [6, 6.07) is 14.1. The van der Waals surface area contributed by atoms with Gasteiger partial charge in [-0.3, -0.25) is 4.79 Å². The molecule has 1 aliphatic rings. The zero-order valence-electron chi connectivity index (χ0n) is 14.9. The molecule has 27 heavy (non-hydrogen) atoms. The number of imidazole rings is 1. The molecule has 0 aliphatic carbocycles. The first-order valence-electron chi connectivity index (χ1n) is 9.09. The number of carbonyl (C=O) groups is 1. The zero-order chi connectivity index (χ0) is 18.6. The van der Waals surface area contributed by atoms with Gasteiger partial charge in [-0.05, 0) is 61.4 Å². The van der Waals surface area contributed by atoms with E-state index >= 15 is 0 Å². The molecule has 0 spiro atoms. The lowest BCUT2D eigenvalue weighted by Crippen LogP contribution is -2.45. The number of amides is 1. The van der Waals surface area contributed by atoms with Gasteiger partial charge in [0, 0.05) is 48.5 Å². The highest BCUT2D eigenvalue weighted by atomic mass is 19.1. The molecule has 3 aromatic rings. The summed E-state index contributed by atoms with van der Waals surface area (Å²) < 4.78 is 15.0. The molecule has 1 atom stereocenters. The molecule has 0 unspecified atom stereocenters. The van der Waals surface area contributed by atoms with Gasteiger partial charge in [0.15, 0.2) is 0 Å². The van der Waals surface area contributed by atoms with Crippen LogP contribution in [0.3, 0.4) is 0 Å². The second kappa shape index (κ2) is 7.61. The molecule has 4 rings (SSSR count). The van der Waals surface area contributed by atoms with Gasteiger partial charge in [-0.2, -0.15) is 0 Å². The molecule has 138 valence electrons. The number of hydrogen-bond acceptors (Lipinski definition) is 3. The van der Waals surface area contributed by atoms with Crippen LogP contribution in [0.5, 0.6) is 0 Å². The van der Waals surface area contributed by atoms with Crippen molar-refractivity contribution in [2.75, 3.05) is 18.4 Å². The smallest absolute Gasteiger partial charge is 0.253 e. The summed E-state index contributed by atoms with van der Waals surface area (Å²) in [6.07, 6.45) is 7.25. The minimum atomic E-state index is -0.250. The van der Waals surface area contributed by atoms with Crippen molar-refractivity contribution < 1.29 is 9.18 Å². The molecule has 1 aromatic heterocycles. The van der Waals surface area contributed by atoms with Crippen molar-refractivity contribution in [1.82, 2.24) is 14.5 Å². The molecule has 5 nitrogen and oxygen atoms in total. The van der Waals surface area contributed by atoms with Crippen molar-refractivity contribution in [2.45, 2.75) is 18.9 Å². The molecule has 6 heteroatoms. The summed E-state index contributed by atoms with van der Waals surface area (Å²) in [6.45, 7) is 1.39. The minimum absolute atomic E-state index is 0.0396. The van der Waals surface area contributed by atoms with Crippen molar-refractivity contribution in [2.24, 2.45) is 0 Å². The normalized spacial score (nSPS) is 16.9. The lowest BCUT2D eigenvalue weighted by molar-refractivity contribution is 0.0715. The second-order valence-electron chi connectivity index (χ2n) is 6.76. The number of carbonyl (C=O) groups excluding carboxylic acids is 1. The molecule has 0 bridgehead atoms. The molecule has 2 heterocycles. The van der Waals surface area contributed by atoms with E-state index in [1.54, 1.807) is 24.7 Å². The van der Waals surface area contributed by atoms with E-state index in [9.17, 15) is 9.18 Å². The van der Waals surface area contributed by atoms with Gasteiger partial charge in [-0.1, -0.05) is 0 Å². The molecule has 0 saturated carbocycles. The number of halogens is 1. The average molecular weight is 364 g/mol. The van der Waals surface area contributed by atoms with Crippen LogP contribution in [0, 0.1) is 5.82 Å². The van der Waals surface area contributed by atoms with Gasteiger partial charge in [0.05, 0.1) is 6.33 Å². The fraction of sp³-hybridized carbons (Fsp3) is 0.238.